The zero-order valence-corrected chi connectivity index (χ0v) is 9.79. The van der Waals surface area contributed by atoms with Gasteiger partial charge in [0.05, 0.1) is 6.54 Å². The van der Waals surface area contributed by atoms with Crippen molar-refractivity contribution < 1.29 is 9.53 Å². The van der Waals surface area contributed by atoms with Crippen molar-refractivity contribution >= 4 is 5.78 Å². The summed E-state index contributed by atoms with van der Waals surface area (Å²) in [7, 11) is 3.55. The van der Waals surface area contributed by atoms with Crippen LogP contribution in [0.2, 0.25) is 0 Å². The first kappa shape index (κ1) is 12.6. The quantitative estimate of drug-likeness (QED) is 0.682. The van der Waals surface area contributed by atoms with E-state index in [4.69, 9.17) is 4.74 Å². The van der Waals surface area contributed by atoms with Crippen LogP contribution in [0.5, 0.6) is 0 Å². The van der Waals surface area contributed by atoms with Gasteiger partial charge in [-0.05, 0) is 38.9 Å². The molecule has 0 aliphatic carbocycles. The van der Waals surface area contributed by atoms with Gasteiger partial charge in [-0.2, -0.15) is 0 Å². The SMILES string of the molecule is CNCC1CCCN(CC(=O)COC)C1. The molecule has 1 fully saturated rings. The van der Waals surface area contributed by atoms with E-state index < -0.39 is 0 Å². The Morgan fingerprint density at radius 1 is 1.60 bits per heavy atom. The van der Waals surface area contributed by atoms with Crippen molar-refractivity contribution in [2.45, 2.75) is 12.8 Å². The molecule has 1 N–H and O–H groups in total. The second-order valence-corrected chi connectivity index (χ2v) is 4.27. The smallest absolute Gasteiger partial charge is 0.172 e. The molecule has 1 heterocycles. The van der Waals surface area contributed by atoms with Gasteiger partial charge in [-0.15, -0.1) is 0 Å². The van der Waals surface area contributed by atoms with Crippen molar-refractivity contribution in [3.8, 4) is 0 Å². The molecular weight excluding hydrogens is 192 g/mol. The Bertz CT molecular complexity index is 195. The fourth-order valence-electron chi connectivity index (χ4n) is 2.21. The lowest BCUT2D eigenvalue weighted by Crippen LogP contribution is -2.42. The van der Waals surface area contributed by atoms with Crippen LogP contribution in [0, 0.1) is 5.92 Å². The number of Topliss-reactive ketones (excluding diaryl/α,β-unsaturated/α-hetero) is 1. The Kier molecular flexibility index (Phi) is 5.83. The summed E-state index contributed by atoms with van der Waals surface area (Å²) in [5.41, 5.74) is 0. The summed E-state index contributed by atoms with van der Waals surface area (Å²) in [5, 5.41) is 3.20. The summed E-state index contributed by atoms with van der Waals surface area (Å²) in [4.78, 5) is 13.6. The minimum absolute atomic E-state index is 0.183. The maximum absolute atomic E-state index is 11.4. The van der Waals surface area contributed by atoms with Crippen LogP contribution in [0.4, 0.5) is 0 Å². The van der Waals surface area contributed by atoms with Crippen molar-refractivity contribution in [1.29, 1.82) is 0 Å². The molecule has 88 valence electrons. The summed E-state index contributed by atoms with van der Waals surface area (Å²) < 4.78 is 4.83. The number of nitrogens with zero attached hydrogens (tertiary/aromatic N) is 1. The lowest BCUT2D eigenvalue weighted by Gasteiger charge is -2.32. The first-order valence-electron chi connectivity index (χ1n) is 5.64. The van der Waals surface area contributed by atoms with E-state index in [1.165, 1.54) is 12.8 Å². The number of nitrogens with one attached hydrogen (secondary N) is 1. The van der Waals surface area contributed by atoms with E-state index in [2.05, 4.69) is 10.2 Å². The van der Waals surface area contributed by atoms with Gasteiger partial charge in [0.2, 0.25) is 0 Å². The summed E-state index contributed by atoms with van der Waals surface area (Å²) in [5.74, 6) is 0.877. The van der Waals surface area contributed by atoms with Crippen LogP contribution >= 0.6 is 0 Å². The number of carbonyl (C=O) groups excluding carboxylic acids is 1. The Labute approximate surface area is 92.0 Å². The molecule has 0 aromatic heterocycles. The molecule has 4 heteroatoms. The van der Waals surface area contributed by atoms with E-state index in [9.17, 15) is 4.79 Å². The van der Waals surface area contributed by atoms with Gasteiger partial charge in [0.1, 0.15) is 6.61 Å². The number of ketones is 1. The van der Waals surface area contributed by atoms with E-state index in [1.807, 2.05) is 7.05 Å². The van der Waals surface area contributed by atoms with Gasteiger partial charge in [0.15, 0.2) is 5.78 Å². The number of carbonyl (C=O) groups is 1. The highest BCUT2D eigenvalue weighted by atomic mass is 16.5. The molecule has 0 aromatic rings. The minimum atomic E-state index is 0.183. The molecule has 1 rings (SSSR count). The monoisotopic (exact) mass is 214 g/mol. The Morgan fingerprint density at radius 3 is 3.07 bits per heavy atom. The van der Waals surface area contributed by atoms with Crippen LogP contribution in [0.25, 0.3) is 0 Å². The molecule has 0 radical (unpaired) electrons. The average Bonchev–Trinajstić information content (AvgIpc) is 2.19. The Hall–Kier alpha value is -0.450. The molecular formula is C11H22N2O2. The van der Waals surface area contributed by atoms with E-state index in [0.29, 0.717) is 12.5 Å². The van der Waals surface area contributed by atoms with Gasteiger partial charge in [-0.1, -0.05) is 0 Å². The van der Waals surface area contributed by atoms with Crippen molar-refractivity contribution in [2.75, 3.05) is 46.9 Å². The summed E-state index contributed by atoms with van der Waals surface area (Å²) in [6.45, 7) is 3.93. The first-order chi connectivity index (χ1) is 7.26. The van der Waals surface area contributed by atoms with Gasteiger partial charge in [0.25, 0.3) is 0 Å². The van der Waals surface area contributed by atoms with Crippen molar-refractivity contribution in [3.05, 3.63) is 0 Å². The number of rotatable bonds is 6. The lowest BCUT2D eigenvalue weighted by molar-refractivity contribution is -0.124. The molecule has 0 aromatic carbocycles. The summed E-state index contributed by atoms with van der Waals surface area (Å²) in [6, 6.07) is 0. The van der Waals surface area contributed by atoms with Gasteiger partial charge < -0.3 is 10.1 Å². The number of methoxy groups -OCH3 is 1. The maximum Gasteiger partial charge on any atom is 0.172 e. The van der Waals surface area contributed by atoms with Gasteiger partial charge >= 0.3 is 0 Å². The number of likely N-dealkylation sites (tertiary alicyclic amines) is 1. The van der Waals surface area contributed by atoms with Gasteiger partial charge in [-0.3, -0.25) is 9.69 Å². The van der Waals surface area contributed by atoms with Crippen LogP contribution in [-0.2, 0) is 9.53 Å². The second kappa shape index (κ2) is 6.93. The third-order valence-electron chi connectivity index (χ3n) is 2.80. The first-order valence-corrected chi connectivity index (χ1v) is 5.64. The predicted molar refractivity (Wildman–Crippen MR) is 60.0 cm³/mol. The van der Waals surface area contributed by atoms with Gasteiger partial charge in [-0.25, -0.2) is 0 Å². The van der Waals surface area contributed by atoms with Crippen LogP contribution in [0.15, 0.2) is 0 Å². The molecule has 15 heavy (non-hydrogen) atoms. The summed E-state index contributed by atoms with van der Waals surface area (Å²) >= 11 is 0. The highest BCUT2D eigenvalue weighted by Gasteiger charge is 2.20. The number of piperidine rings is 1. The number of ether oxygens (including phenoxy) is 1. The van der Waals surface area contributed by atoms with Crippen molar-refractivity contribution in [2.24, 2.45) is 5.92 Å². The highest BCUT2D eigenvalue weighted by molar-refractivity contribution is 5.81. The van der Waals surface area contributed by atoms with E-state index >= 15 is 0 Å². The fraction of sp³-hybridized carbons (Fsp3) is 0.909. The normalized spacial score (nSPS) is 22.9. The molecule has 1 atom stereocenters. The Morgan fingerprint density at radius 2 is 2.40 bits per heavy atom. The molecule has 1 unspecified atom stereocenters. The minimum Gasteiger partial charge on any atom is -0.377 e. The standard InChI is InChI=1S/C11H22N2O2/c1-12-6-10-4-3-5-13(7-10)8-11(14)9-15-2/h10,12H,3-9H2,1-2H3. The summed E-state index contributed by atoms with van der Waals surface area (Å²) in [6.07, 6.45) is 2.47. The molecule has 1 saturated heterocycles. The lowest BCUT2D eigenvalue weighted by atomic mass is 9.98. The molecule has 0 spiro atoms. The topological polar surface area (TPSA) is 41.6 Å². The van der Waals surface area contributed by atoms with E-state index in [1.54, 1.807) is 7.11 Å². The fourth-order valence-corrected chi connectivity index (χ4v) is 2.21. The van der Waals surface area contributed by atoms with Crippen molar-refractivity contribution in [3.63, 3.8) is 0 Å². The third-order valence-corrected chi connectivity index (χ3v) is 2.80. The van der Waals surface area contributed by atoms with Crippen LogP contribution in [-0.4, -0.2) is 57.6 Å². The molecule has 0 bridgehead atoms. The third kappa shape index (κ3) is 4.73. The molecule has 1 aliphatic heterocycles. The van der Waals surface area contributed by atoms with Gasteiger partial charge in [0, 0.05) is 13.7 Å². The molecule has 4 nitrogen and oxygen atoms in total. The second-order valence-electron chi connectivity index (χ2n) is 4.27. The van der Waals surface area contributed by atoms with E-state index in [0.717, 1.165) is 19.6 Å². The zero-order chi connectivity index (χ0) is 11.1. The maximum atomic E-state index is 11.4. The van der Waals surface area contributed by atoms with Crippen LogP contribution < -0.4 is 5.32 Å². The van der Waals surface area contributed by atoms with E-state index in [-0.39, 0.29) is 12.4 Å². The Balaban J connectivity index is 2.26. The largest absolute Gasteiger partial charge is 0.377 e. The molecule has 1 aliphatic rings. The number of hydrogen-bond donors (Lipinski definition) is 1. The average molecular weight is 214 g/mol. The van der Waals surface area contributed by atoms with Crippen LogP contribution in [0.3, 0.4) is 0 Å². The number of hydrogen-bond acceptors (Lipinski definition) is 4. The van der Waals surface area contributed by atoms with Crippen molar-refractivity contribution in [1.82, 2.24) is 10.2 Å². The predicted octanol–water partition coefficient (Wildman–Crippen LogP) is 0.133. The van der Waals surface area contributed by atoms with Crippen LogP contribution in [0.1, 0.15) is 12.8 Å². The molecule has 0 saturated carbocycles. The molecule has 0 amide bonds. The zero-order valence-electron chi connectivity index (χ0n) is 9.79. The highest BCUT2D eigenvalue weighted by Crippen LogP contribution is 2.15.